The number of rotatable bonds is 1. The van der Waals surface area contributed by atoms with E-state index in [1.165, 1.54) is 0 Å². The van der Waals surface area contributed by atoms with Crippen LogP contribution in [0.4, 0.5) is 0 Å². The second-order valence-corrected chi connectivity index (χ2v) is 4.51. The Morgan fingerprint density at radius 3 is 2.86 bits per heavy atom. The zero-order valence-electron chi connectivity index (χ0n) is 8.16. The fraction of sp³-hybridized carbons (Fsp3) is 0.500. The predicted molar refractivity (Wildman–Crippen MR) is 55.8 cm³/mol. The molecular weight excluding hydrogens is 246 g/mol. The highest BCUT2D eigenvalue weighted by atomic mass is 79.9. The zero-order chi connectivity index (χ0) is 10.2. The second kappa shape index (κ2) is 3.61. The molecule has 0 aromatic carbocycles. The van der Waals surface area contributed by atoms with E-state index in [1.807, 2.05) is 32.0 Å². The summed E-state index contributed by atoms with van der Waals surface area (Å²) in [5.74, 6) is -0.491. The molecule has 2 heterocycles. The van der Waals surface area contributed by atoms with Crippen molar-refractivity contribution in [3.63, 3.8) is 0 Å². The second-order valence-electron chi connectivity index (χ2n) is 3.70. The van der Waals surface area contributed by atoms with Gasteiger partial charge in [0, 0.05) is 0 Å². The van der Waals surface area contributed by atoms with Crippen LogP contribution in [0.25, 0.3) is 0 Å². The number of hydrogen-bond acceptors (Lipinski definition) is 3. The summed E-state index contributed by atoms with van der Waals surface area (Å²) in [7, 11) is 0. The van der Waals surface area contributed by atoms with Crippen LogP contribution in [-0.2, 0) is 9.47 Å². The van der Waals surface area contributed by atoms with Gasteiger partial charge < -0.3 is 9.47 Å². The molecule has 14 heavy (non-hydrogen) atoms. The molecule has 0 aliphatic carbocycles. The molecule has 0 saturated carbocycles. The highest BCUT2D eigenvalue weighted by molar-refractivity contribution is 9.10. The van der Waals surface area contributed by atoms with E-state index in [4.69, 9.17) is 9.47 Å². The molecule has 0 unspecified atom stereocenters. The van der Waals surface area contributed by atoms with Gasteiger partial charge in [-0.3, -0.25) is 0 Å². The van der Waals surface area contributed by atoms with Crippen molar-refractivity contribution in [2.24, 2.45) is 0 Å². The van der Waals surface area contributed by atoms with Gasteiger partial charge in [0.15, 0.2) is 5.79 Å². The molecule has 1 atom stereocenters. The summed E-state index contributed by atoms with van der Waals surface area (Å²) >= 11 is 3.33. The first-order chi connectivity index (χ1) is 6.57. The Morgan fingerprint density at radius 1 is 1.50 bits per heavy atom. The van der Waals surface area contributed by atoms with Crippen molar-refractivity contribution in [1.29, 1.82) is 0 Å². The fourth-order valence-corrected chi connectivity index (χ4v) is 1.79. The molecule has 0 bridgehead atoms. The first kappa shape index (κ1) is 10.1. The van der Waals surface area contributed by atoms with Crippen molar-refractivity contribution in [2.75, 3.05) is 6.61 Å². The number of ether oxygens (including phenoxy) is 2. The summed E-state index contributed by atoms with van der Waals surface area (Å²) < 4.78 is 12.0. The maximum atomic E-state index is 5.68. The molecule has 1 aliphatic rings. The van der Waals surface area contributed by atoms with Crippen LogP contribution in [0.5, 0.6) is 0 Å². The summed E-state index contributed by atoms with van der Waals surface area (Å²) in [6.45, 7) is 4.38. The monoisotopic (exact) mass is 257 g/mol. The smallest absolute Gasteiger partial charge is 0.163 e. The van der Waals surface area contributed by atoms with E-state index in [0.29, 0.717) is 6.61 Å². The number of nitrogens with zero attached hydrogens (tertiary/aromatic N) is 1. The number of pyridine rings is 1. The van der Waals surface area contributed by atoms with E-state index in [0.717, 1.165) is 10.3 Å². The Morgan fingerprint density at radius 2 is 2.29 bits per heavy atom. The minimum Gasteiger partial charge on any atom is -0.347 e. The number of hydrogen-bond donors (Lipinski definition) is 0. The number of halogens is 1. The van der Waals surface area contributed by atoms with Crippen molar-refractivity contribution in [2.45, 2.75) is 25.7 Å². The minimum atomic E-state index is -0.491. The van der Waals surface area contributed by atoms with Crippen molar-refractivity contribution >= 4 is 15.9 Å². The third kappa shape index (κ3) is 2.13. The van der Waals surface area contributed by atoms with Gasteiger partial charge in [0.2, 0.25) is 0 Å². The lowest BCUT2D eigenvalue weighted by molar-refractivity contribution is -0.139. The lowest BCUT2D eigenvalue weighted by Crippen LogP contribution is -2.19. The van der Waals surface area contributed by atoms with Gasteiger partial charge in [-0.15, -0.1) is 0 Å². The summed E-state index contributed by atoms with van der Waals surface area (Å²) in [6.07, 6.45) is -0.0532. The molecule has 1 saturated heterocycles. The number of aromatic nitrogens is 1. The van der Waals surface area contributed by atoms with Gasteiger partial charge in [0.25, 0.3) is 0 Å². The molecule has 2 rings (SSSR count). The van der Waals surface area contributed by atoms with Gasteiger partial charge >= 0.3 is 0 Å². The average Bonchev–Trinajstić information content (AvgIpc) is 2.46. The van der Waals surface area contributed by atoms with Crippen molar-refractivity contribution < 1.29 is 9.47 Å². The third-order valence-corrected chi connectivity index (χ3v) is 2.52. The Kier molecular flexibility index (Phi) is 2.60. The highest BCUT2D eigenvalue weighted by Crippen LogP contribution is 2.32. The van der Waals surface area contributed by atoms with Crippen molar-refractivity contribution in [1.82, 2.24) is 4.98 Å². The van der Waals surface area contributed by atoms with Crippen LogP contribution in [-0.4, -0.2) is 17.4 Å². The maximum Gasteiger partial charge on any atom is 0.163 e. The SMILES string of the molecule is CC1(C)OC[C@H](c2cccc(Br)n2)O1. The molecule has 0 amide bonds. The molecule has 1 aliphatic heterocycles. The van der Waals surface area contributed by atoms with Crippen LogP contribution < -0.4 is 0 Å². The minimum absolute atomic E-state index is 0.0532. The molecule has 1 fully saturated rings. The average molecular weight is 258 g/mol. The van der Waals surface area contributed by atoms with Gasteiger partial charge in [-0.1, -0.05) is 6.07 Å². The maximum absolute atomic E-state index is 5.68. The summed E-state index contributed by atoms with van der Waals surface area (Å²) in [5.41, 5.74) is 0.907. The molecule has 3 nitrogen and oxygen atoms in total. The Bertz CT molecular complexity index is 341. The van der Waals surface area contributed by atoms with E-state index < -0.39 is 5.79 Å². The van der Waals surface area contributed by atoms with Crippen LogP contribution in [0, 0.1) is 0 Å². The molecule has 0 radical (unpaired) electrons. The molecule has 0 N–H and O–H groups in total. The largest absolute Gasteiger partial charge is 0.347 e. The van der Waals surface area contributed by atoms with Gasteiger partial charge in [-0.2, -0.15) is 0 Å². The fourth-order valence-electron chi connectivity index (χ4n) is 1.44. The van der Waals surface area contributed by atoms with Gasteiger partial charge in [-0.25, -0.2) is 4.98 Å². The van der Waals surface area contributed by atoms with Crippen LogP contribution >= 0.6 is 15.9 Å². The van der Waals surface area contributed by atoms with Gasteiger partial charge in [0.05, 0.1) is 12.3 Å². The molecule has 1 aromatic rings. The predicted octanol–water partition coefficient (Wildman–Crippen LogP) is 2.67. The Hall–Kier alpha value is -0.450. The van der Waals surface area contributed by atoms with E-state index in [-0.39, 0.29) is 6.10 Å². The summed E-state index contributed by atoms with van der Waals surface area (Å²) in [4.78, 5) is 4.33. The first-order valence-electron chi connectivity index (χ1n) is 4.51. The van der Waals surface area contributed by atoms with E-state index in [1.54, 1.807) is 0 Å². The van der Waals surface area contributed by atoms with E-state index in [2.05, 4.69) is 20.9 Å². The summed E-state index contributed by atoms with van der Waals surface area (Å²) in [6, 6.07) is 5.78. The Balaban J connectivity index is 2.17. The molecule has 0 spiro atoms. The van der Waals surface area contributed by atoms with Crippen molar-refractivity contribution in [3.05, 3.63) is 28.5 Å². The Labute approximate surface area is 91.6 Å². The lowest BCUT2D eigenvalue weighted by atomic mass is 10.2. The molecule has 4 heteroatoms. The third-order valence-electron chi connectivity index (χ3n) is 2.07. The van der Waals surface area contributed by atoms with Gasteiger partial charge in [0.1, 0.15) is 10.7 Å². The standard InChI is InChI=1S/C10H12BrNO2/c1-10(2)13-6-8(14-10)7-4-3-5-9(11)12-7/h3-5,8H,6H2,1-2H3/t8-/m1/s1. The van der Waals surface area contributed by atoms with Gasteiger partial charge in [-0.05, 0) is 41.9 Å². The lowest BCUT2D eigenvalue weighted by Gasteiger charge is -2.16. The zero-order valence-corrected chi connectivity index (χ0v) is 9.74. The van der Waals surface area contributed by atoms with E-state index >= 15 is 0 Å². The highest BCUT2D eigenvalue weighted by Gasteiger charge is 2.34. The van der Waals surface area contributed by atoms with Crippen molar-refractivity contribution in [3.8, 4) is 0 Å². The normalized spacial score (nSPS) is 25.2. The quantitative estimate of drug-likeness (QED) is 0.726. The van der Waals surface area contributed by atoms with Crippen LogP contribution in [0.15, 0.2) is 22.8 Å². The molecule has 1 aromatic heterocycles. The van der Waals surface area contributed by atoms with E-state index in [9.17, 15) is 0 Å². The first-order valence-corrected chi connectivity index (χ1v) is 5.30. The van der Waals surface area contributed by atoms with Crippen LogP contribution in [0.3, 0.4) is 0 Å². The topological polar surface area (TPSA) is 31.4 Å². The van der Waals surface area contributed by atoms with Crippen LogP contribution in [0.1, 0.15) is 25.6 Å². The van der Waals surface area contributed by atoms with Crippen LogP contribution in [0.2, 0.25) is 0 Å². The molecule has 76 valence electrons. The summed E-state index contributed by atoms with van der Waals surface area (Å²) in [5, 5.41) is 0. The molecular formula is C10H12BrNO2.